The van der Waals surface area contributed by atoms with Crippen molar-refractivity contribution in [2.75, 3.05) is 31.5 Å². The van der Waals surface area contributed by atoms with Gasteiger partial charge in [-0.2, -0.15) is 0 Å². The van der Waals surface area contributed by atoms with Crippen molar-refractivity contribution in [2.45, 2.75) is 13.0 Å². The second-order valence-corrected chi connectivity index (χ2v) is 6.09. The third-order valence-electron chi connectivity index (χ3n) is 4.45. The molecule has 0 saturated carbocycles. The Kier molecular flexibility index (Phi) is 5.32. The highest BCUT2D eigenvalue weighted by atomic mass is 19.1. The van der Waals surface area contributed by atoms with Gasteiger partial charge in [0.1, 0.15) is 11.6 Å². The van der Waals surface area contributed by atoms with E-state index in [2.05, 4.69) is 5.32 Å². The third-order valence-corrected chi connectivity index (χ3v) is 4.45. The number of carbonyl (C=O) groups is 2. The Morgan fingerprint density at radius 2 is 1.88 bits per heavy atom. The molecule has 26 heavy (non-hydrogen) atoms. The van der Waals surface area contributed by atoms with E-state index >= 15 is 0 Å². The minimum absolute atomic E-state index is 0.0603. The molecule has 0 bridgehead atoms. The van der Waals surface area contributed by atoms with Gasteiger partial charge >= 0.3 is 0 Å². The van der Waals surface area contributed by atoms with E-state index in [1.807, 2.05) is 4.90 Å². The minimum Gasteiger partial charge on any atom is -0.459 e. The highest BCUT2D eigenvalue weighted by Crippen LogP contribution is 2.17. The molecule has 0 radical (unpaired) electrons. The maximum absolute atomic E-state index is 13.7. The number of rotatable bonds is 4. The number of amides is 2. The van der Waals surface area contributed by atoms with Gasteiger partial charge in [0.25, 0.3) is 5.91 Å². The summed E-state index contributed by atoms with van der Waals surface area (Å²) < 4.78 is 31.7. The van der Waals surface area contributed by atoms with Crippen LogP contribution in [0.3, 0.4) is 0 Å². The van der Waals surface area contributed by atoms with E-state index < -0.39 is 17.7 Å². The molecule has 1 aromatic carbocycles. The monoisotopic (exact) mass is 363 g/mol. The lowest BCUT2D eigenvalue weighted by Crippen LogP contribution is -2.54. The minimum atomic E-state index is -0.820. The molecule has 2 aromatic rings. The summed E-state index contributed by atoms with van der Waals surface area (Å²) in [5.41, 5.74) is -0.0603. The number of piperazine rings is 1. The molecule has 6 nitrogen and oxygen atoms in total. The molecule has 2 heterocycles. The van der Waals surface area contributed by atoms with Gasteiger partial charge < -0.3 is 14.6 Å². The number of nitrogens with one attached hydrogen (secondary N) is 1. The fourth-order valence-electron chi connectivity index (χ4n) is 2.86. The molecule has 1 aliphatic rings. The average Bonchev–Trinajstić information content (AvgIpc) is 3.17. The number of hydrogen-bond acceptors (Lipinski definition) is 4. The van der Waals surface area contributed by atoms with E-state index in [0.29, 0.717) is 26.2 Å². The second-order valence-electron chi connectivity index (χ2n) is 6.09. The average molecular weight is 363 g/mol. The van der Waals surface area contributed by atoms with Crippen molar-refractivity contribution >= 4 is 17.5 Å². The summed E-state index contributed by atoms with van der Waals surface area (Å²) >= 11 is 0. The van der Waals surface area contributed by atoms with E-state index in [9.17, 15) is 18.4 Å². The fourth-order valence-corrected chi connectivity index (χ4v) is 2.86. The Morgan fingerprint density at radius 1 is 1.15 bits per heavy atom. The number of furan rings is 1. The van der Waals surface area contributed by atoms with Crippen LogP contribution in [0.15, 0.2) is 41.0 Å². The van der Waals surface area contributed by atoms with E-state index in [0.717, 1.165) is 12.1 Å². The lowest BCUT2D eigenvalue weighted by atomic mass is 10.2. The maximum atomic E-state index is 13.7. The summed E-state index contributed by atoms with van der Waals surface area (Å²) in [7, 11) is 0. The van der Waals surface area contributed by atoms with Crippen molar-refractivity contribution in [1.82, 2.24) is 9.80 Å². The van der Waals surface area contributed by atoms with Crippen molar-refractivity contribution in [3.05, 3.63) is 54.0 Å². The van der Waals surface area contributed by atoms with Gasteiger partial charge in [0.05, 0.1) is 18.0 Å². The zero-order valence-electron chi connectivity index (χ0n) is 14.2. The van der Waals surface area contributed by atoms with E-state index in [1.165, 1.54) is 12.3 Å². The number of carbonyl (C=O) groups excluding carboxylic acids is 2. The van der Waals surface area contributed by atoms with Crippen molar-refractivity contribution in [1.29, 1.82) is 0 Å². The van der Waals surface area contributed by atoms with Crippen LogP contribution in [-0.4, -0.2) is 53.8 Å². The van der Waals surface area contributed by atoms with Crippen LogP contribution in [-0.2, 0) is 4.79 Å². The topological polar surface area (TPSA) is 65.8 Å². The van der Waals surface area contributed by atoms with Crippen molar-refractivity contribution < 1.29 is 22.8 Å². The largest absolute Gasteiger partial charge is 0.459 e. The highest BCUT2D eigenvalue weighted by molar-refractivity contribution is 5.94. The number of halogens is 2. The molecule has 0 spiro atoms. The molecule has 1 fully saturated rings. The lowest BCUT2D eigenvalue weighted by Gasteiger charge is -2.37. The summed E-state index contributed by atoms with van der Waals surface area (Å²) in [6.45, 7) is 3.64. The summed E-state index contributed by atoms with van der Waals surface area (Å²) in [5, 5.41) is 2.47. The molecule has 3 rings (SSSR count). The van der Waals surface area contributed by atoms with Crippen LogP contribution in [0.5, 0.6) is 0 Å². The molecule has 1 aliphatic heterocycles. The quantitative estimate of drug-likeness (QED) is 0.906. The molecule has 1 aromatic heterocycles. The highest BCUT2D eigenvalue weighted by Gasteiger charge is 2.29. The Labute approximate surface area is 149 Å². The Hall–Kier alpha value is -2.74. The van der Waals surface area contributed by atoms with Gasteiger partial charge in [0.15, 0.2) is 5.76 Å². The molecule has 1 atom stereocenters. The number of anilines is 1. The molecule has 1 N–H and O–H groups in total. The first kappa shape index (κ1) is 18.1. The zero-order valence-corrected chi connectivity index (χ0v) is 14.2. The van der Waals surface area contributed by atoms with Crippen LogP contribution in [0.4, 0.5) is 14.5 Å². The van der Waals surface area contributed by atoms with Crippen LogP contribution in [0.1, 0.15) is 17.5 Å². The molecule has 8 heteroatoms. The lowest BCUT2D eigenvalue weighted by molar-refractivity contribution is -0.121. The van der Waals surface area contributed by atoms with Gasteiger partial charge in [-0.1, -0.05) is 0 Å². The van der Waals surface area contributed by atoms with E-state index in [-0.39, 0.29) is 23.3 Å². The maximum Gasteiger partial charge on any atom is 0.289 e. The van der Waals surface area contributed by atoms with Gasteiger partial charge in [-0.3, -0.25) is 14.5 Å². The molecule has 1 saturated heterocycles. The van der Waals surface area contributed by atoms with Gasteiger partial charge in [0.2, 0.25) is 5.91 Å². The van der Waals surface area contributed by atoms with Crippen molar-refractivity contribution in [3.63, 3.8) is 0 Å². The first-order chi connectivity index (χ1) is 12.5. The molecule has 0 unspecified atom stereocenters. The predicted molar refractivity (Wildman–Crippen MR) is 90.6 cm³/mol. The summed E-state index contributed by atoms with van der Waals surface area (Å²) in [4.78, 5) is 28.2. The summed E-state index contributed by atoms with van der Waals surface area (Å²) in [6, 6.07) is 5.75. The summed E-state index contributed by atoms with van der Waals surface area (Å²) in [5.74, 6) is -1.80. The standard InChI is InChI=1S/C18H19F2N3O3/c1-12(17(24)21-15-5-4-13(19)11-14(15)20)22-6-8-23(9-7-22)18(25)16-3-2-10-26-16/h2-5,10-12H,6-9H2,1H3,(H,21,24)/t12-/m0/s1. The van der Waals surface area contributed by atoms with Crippen LogP contribution in [0.2, 0.25) is 0 Å². The number of hydrogen-bond donors (Lipinski definition) is 1. The van der Waals surface area contributed by atoms with Crippen LogP contribution >= 0.6 is 0 Å². The van der Waals surface area contributed by atoms with Gasteiger partial charge in [-0.25, -0.2) is 8.78 Å². The fraction of sp³-hybridized carbons (Fsp3) is 0.333. The molecule has 2 amide bonds. The van der Waals surface area contributed by atoms with Crippen LogP contribution in [0.25, 0.3) is 0 Å². The molecule has 0 aliphatic carbocycles. The van der Waals surface area contributed by atoms with Gasteiger partial charge in [-0.15, -0.1) is 0 Å². The Balaban J connectivity index is 1.55. The summed E-state index contributed by atoms with van der Waals surface area (Å²) in [6.07, 6.45) is 1.45. The van der Waals surface area contributed by atoms with Crippen molar-refractivity contribution in [3.8, 4) is 0 Å². The van der Waals surface area contributed by atoms with E-state index in [4.69, 9.17) is 4.42 Å². The Bertz CT molecular complexity index is 787. The third kappa shape index (κ3) is 3.91. The van der Waals surface area contributed by atoms with Gasteiger partial charge in [-0.05, 0) is 31.2 Å². The number of nitrogens with zero attached hydrogens (tertiary/aromatic N) is 2. The van der Waals surface area contributed by atoms with Crippen LogP contribution in [0, 0.1) is 11.6 Å². The number of benzene rings is 1. The molecular formula is C18H19F2N3O3. The smallest absolute Gasteiger partial charge is 0.289 e. The first-order valence-corrected chi connectivity index (χ1v) is 8.28. The normalized spacial score (nSPS) is 16.3. The van der Waals surface area contributed by atoms with Crippen LogP contribution < -0.4 is 5.32 Å². The van der Waals surface area contributed by atoms with Crippen molar-refractivity contribution in [2.24, 2.45) is 0 Å². The zero-order chi connectivity index (χ0) is 18.7. The SMILES string of the molecule is C[C@@H](C(=O)Nc1ccc(F)cc1F)N1CCN(C(=O)c2ccco2)CC1. The van der Waals surface area contributed by atoms with Gasteiger partial charge in [0, 0.05) is 32.2 Å². The van der Waals surface area contributed by atoms with E-state index in [1.54, 1.807) is 24.0 Å². The second kappa shape index (κ2) is 7.65. The predicted octanol–water partition coefficient (Wildman–Crippen LogP) is 2.34. The molecule has 138 valence electrons. The Morgan fingerprint density at radius 3 is 2.50 bits per heavy atom. The molecular weight excluding hydrogens is 344 g/mol. The first-order valence-electron chi connectivity index (χ1n) is 8.28.